The van der Waals surface area contributed by atoms with Crippen LogP contribution in [0, 0.1) is 16.0 Å². The number of aliphatic hydroxyl groups is 1. The summed E-state index contributed by atoms with van der Waals surface area (Å²) in [4.78, 5) is 14.3. The summed E-state index contributed by atoms with van der Waals surface area (Å²) in [7, 11) is 0. The fraction of sp³-hybridized carbons (Fsp3) is 0.500. The average molecular weight is 302 g/mol. The monoisotopic (exact) mass is 301 g/mol. The Hall–Kier alpha value is -1.21. The Morgan fingerprint density at radius 2 is 2.41 bits per heavy atom. The molecule has 0 aromatic carbocycles. The number of nitrogens with one attached hydrogen (secondary N) is 1. The van der Waals surface area contributed by atoms with Crippen molar-refractivity contribution < 1.29 is 10.0 Å². The minimum Gasteiger partial charge on any atom is -0.391 e. The number of hydrogen-bond acceptors (Lipinski definition) is 5. The first-order valence-electron chi connectivity index (χ1n) is 5.30. The zero-order chi connectivity index (χ0) is 12.4. The maximum absolute atomic E-state index is 10.8. The Balaban J connectivity index is 2.06. The van der Waals surface area contributed by atoms with E-state index in [1.807, 2.05) is 0 Å². The maximum atomic E-state index is 10.8. The summed E-state index contributed by atoms with van der Waals surface area (Å²) in [5, 5.41) is 23.3. The fourth-order valence-corrected chi connectivity index (χ4v) is 1.87. The summed E-state index contributed by atoms with van der Waals surface area (Å²) in [6, 6.07) is 1.39. The van der Waals surface area contributed by atoms with Crippen LogP contribution in [0.1, 0.15) is 12.8 Å². The number of halogens is 1. The highest BCUT2D eigenvalue weighted by Gasteiger charge is 2.30. The molecular weight excluding hydrogens is 290 g/mol. The third-order valence-corrected chi connectivity index (χ3v) is 3.11. The third kappa shape index (κ3) is 3.13. The van der Waals surface area contributed by atoms with Crippen LogP contribution in [0.3, 0.4) is 0 Å². The van der Waals surface area contributed by atoms with Crippen molar-refractivity contribution in [2.24, 2.45) is 5.92 Å². The fourth-order valence-electron chi connectivity index (χ4n) is 1.55. The second-order valence-electron chi connectivity index (χ2n) is 4.06. The normalized spacial score (nSPS) is 16.6. The standard InChI is InChI=1S/C10H12BrN3O3/c11-7-3-8(14(16)17)10(12-4-7)13-5-9(15)6-1-2-6/h3-4,6,9,15H,1-2,5H2,(H,12,13). The largest absolute Gasteiger partial charge is 0.391 e. The molecular formula is C10H12BrN3O3. The van der Waals surface area contributed by atoms with Crippen molar-refractivity contribution in [3.8, 4) is 0 Å². The van der Waals surface area contributed by atoms with E-state index in [1.54, 1.807) is 0 Å². The Bertz CT molecular complexity index is 437. The molecule has 0 saturated heterocycles. The summed E-state index contributed by atoms with van der Waals surface area (Å²) in [6.07, 6.45) is 3.08. The Morgan fingerprint density at radius 1 is 1.71 bits per heavy atom. The SMILES string of the molecule is O=[N+]([O-])c1cc(Br)cnc1NCC(O)C1CC1. The van der Waals surface area contributed by atoms with Crippen molar-refractivity contribution in [3.05, 3.63) is 26.9 Å². The number of hydrogen-bond donors (Lipinski definition) is 2. The van der Waals surface area contributed by atoms with Crippen molar-refractivity contribution in [1.29, 1.82) is 0 Å². The van der Waals surface area contributed by atoms with Gasteiger partial charge in [-0.25, -0.2) is 4.98 Å². The number of nitrogens with zero attached hydrogens (tertiary/aromatic N) is 2. The first kappa shape index (κ1) is 12.3. The summed E-state index contributed by atoms with van der Waals surface area (Å²) in [6.45, 7) is 0.292. The van der Waals surface area contributed by atoms with Crippen molar-refractivity contribution >= 4 is 27.4 Å². The van der Waals surface area contributed by atoms with Gasteiger partial charge < -0.3 is 10.4 Å². The van der Waals surface area contributed by atoms with Gasteiger partial charge in [-0.2, -0.15) is 0 Å². The molecule has 0 radical (unpaired) electrons. The van der Waals surface area contributed by atoms with Crippen molar-refractivity contribution in [3.63, 3.8) is 0 Å². The molecule has 0 bridgehead atoms. The molecule has 1 atom stereocenters. The molecule has 1 aliphatic rings. The number of anilines is 1. The predicted octanol–water partition coefficient (Wildman–Crippen LogP) is 1.94. The van der Waals surface area contributed by atoms with Gasteiger partial charge >= 0.3 is 5.69 Å². The van der Waals surface area contributed by atoms with Crippen molar-refractivity contribution in [2.45, 2.75) is 18.9 Å². The molecule has 6 nitrogen and oxygen atoms in total. The highest BCUT2D eigenvalue weighted by atomic mass is 79.9. The molecule has 1 fully saturated rings. The van der Waals surface area contributed by atoms with E-state index >= 15 is 0 Å². The Labute approximate surface area is 106 Å². The van der Waals surface area contributed by atoms with E-state index in [2.05, 4.69) is 26.2 Å². The highest BCUT2D eigenvalue weighted by Crippen LogP contribution is 2.33. The summed E-state index contributed by atoms with van der Waals surface area (Å²) >= 11 is 3.13. The molecule has 1 heterocycles. The van der Waals surface area contributed by atoms with E-state index < -0.39 is 11.0 Å². The smallest absolute Gasteiger partial charge is 0.312 e. The average Bonchev–Trinajstić information content (AvgIpc) is 3.10. The molecule has 2 rings (SSSR count). The van der Waals surface area contributed by atoms with Crippen molar-refractivity contribution in [2.75, 3.05) is 11.9 Å². The lowest BCUT2D eigenvalue weighted by atomic mass is 10.2. The van der Waals surface area contributed by atoms with Gasteiger partial charge in [0.25, 0.3) is 0 Å². The molecule has 1 aromatic rings. The van der Waals surface area contributed by atoms with Gasteiger partial charge in [0.2, 0.25) is 5.82 Å². The Kier molecular flexibility index (Phi) is 3.58. The predicted molar refractivity (Wildman–Crippen MR) is 65.8 cm³/mol. The molecule has 0 spiro atoms. The second kappa shape index (κ2) is 4.97. The molecule has 92 valence electrons. The van der Waals surface area contributed by atoms with Gasteiger partial charge in [0.15, 0.2) is 0 Å². The van der Waals surface area contributed by atoms with Gasteiger partial charge in [0, 0.05) is 23.3 Å². The van der Waals surface area contributed by atoms with Crippen molar-refractivity contribution in [1.82, 2.24) is 4.98 Å². The van der Waals surface area contributed by atoms with Crippen LogP contribution in [0.15, 0.2) is 16.7 Å². The molecule has 7 heteroatoms. The van der Waals surface area contributed by atoms with Crippen LogP contribution in [-0.2, 0) is 0 Å². The Morgan fingerprint density at radius 3 is 3.00 bits per heavy atom. The molecule has 17 heavy (non-hydrogen) atoms. The van der Waals surface area contributed by atoms with Crippen LogP contribution in [0.25, 0.3) is 0 Å². The van der Waals surface area contributed by atoms with E-state index in [0.717, 1.165) is 12.8 Å². The molecule has 1 aliphatic carbocycles. The van der Waals surface area contributed by atoms with E-state index in [9.17, 15) is 15.2 Å². The molecule has 2 N–H and O–H groups in total. The molecule has 1 unspecified atom stereocenters. The molecule has 0 aliphatic heterocycles. The topological polar surface area (TPSA) is 88.3 Å². The number of aliphatic hydroxyl groups excluding tert-OH is 1. The van der Waals surface area contributed by atoms with Gasteiger partial charge in [-0.3, -0.25) is 10.1 Å². The minimum atomic E-state index is -0.496. The number of rotatable bonds is 5. The zero-order valence-electron chi connectivity index (χ0n) is 8.97. The zero-order valence-corrected chi connectivity index (χ0v) is 10.6. The first-order valence-corrected chi connectivity index (χ1v) is 6.09. The summed E-state index contributed by atoms with van der Waals surface area (Å²) in [5.74, 6) is 0.523. The van der Waals surface area contributed by atoms with Gasteiger partial charge in [-0.15, -0.1) is 0 Å². The van der Waals surface area contributed by atoms with Crippen LogP contribution in [-0.4, -0.2) is 27.7 Å². The lowest BCUT2D eigenvalue weighted by Crippen LogP contribution is -2.22. The first-order chi connectivity index (χ1) is 8.08. The van der Waals surface area contributed by atoms with Crippen LogP contribution >= 0.6 is 15.9 Å². The second-order valence-corrected chi connectivity index (χ2v) is 4.98. The van der Waals surface area contributed by atoms with Gasteiger partial charge in [0.1, 0.15) is 0 Å². The van der Waals surface area contributed by atoms with Gasteiger partial charge in [0.05, 0.1) is 11.0 Å². The highest BCUT2D eigenvalue weighted by molar-refractivity contribution is 9.10. The number of pyridine rings is 1. The summed E-state index contributed by atoms with van der Waals surface area (Å²) < 4.78 is 0.553. The summed E-state index contributed by atoms with van der Waals surface area (Å²) in [5.41, 5.74) is -0.0950. The molecule has 1 saturated carbocycles. The van der Waals surface area contributed by atoms with E-state index in [-0.39, 0.29) is 11.5 Å². The number of aromatic nitrogens is 1. The van der Waals surface area contributed by atoms with Crippen LogP contribution in [0.2, 0.25) is 0 Å². The van der Waals surface area contributed by atoms with Crippen LogP contribution in [0.5, 0.6) is 0 Å². The van der Waals surface area contributed by atoms with E-state index in [0.29, 0.717) is 16.9 Å². The van der Waals surface area contributed by atoms with Gasteiger partial charge in [-0.1, -0.05) is 0 Å². The van der Waals surface area contributed by atoms with E-state index in [1.165, 1.54) is 12.3 Å². The molecule has 0 amide bonds. The minimum absolute atomic E-state index is 0.0950. The maximum Gasteiger partial charge on any atom is 0.312 e. The van der Waals surface area contributed by atoms with Crippen LogP contribution < -0.4 is 5.32 Å². The molecule has 1 aromatic heterocycles. The number of nitro groups is 1. The van der Waals surface area contributed by atoms with E-state index in [4.69, 9.17) is 0 Å². The third-order valence-electron chi connectivity index (χ3n) is 2.68. The lowest BCUT2D eigenvalue weighted by molar-refractivity contribution is -0.384. The van der Waals surface area contributed by atoms with Crippen LogP contribution in [0.4, 0.5) is 11.5 Å². The lowest BCUT2D eigenvalue weighted by Gasteiger charge is -2.11. The van der Waals surface area contributed by atoms with Gasteiger partial charge in [-0.05, 0) is 34.7 Å². The quantitative estimate of drug-likeness (QED) is 0.641.